The van der Waals surface area contributed by atoms with Gasteiger partial charge >= 0.3 is 0 Å². The van der Waals surface area contributed by atoms with E-state index in [1.807, 2.05) is 0 Å². The van der Waals surface area contributed by atoms with Gasteiger partial charge in [0.05, 0.1) is 0 Å². The van der Waals surface area contributed by atoms with Crippen LogP contribution in [0.5, 0.6) is 0 Å². The molecule has 0 aliphatic heterocycles. The zero-order valence-electron chi connectivity index (χ0n) is 13.1. The summed E-state index contributed by atoms with van der Waals surface area (Å²) in [6.45, 7) is 4.52. The Labute approximate surface area is 124 Å². The second-order valence-electron chi connectivity index (χ2n) is 5.93. The topological polar surface area (TPSA) is 0 Å². The Morgan fingerprint density at radius 3 is 1.80 bits per heavy atom. The molecule has 0 nitrogen and oxygen atoms in total. The molecule has 2 aromatic rings. The number of hydrogen-bond acceptors (Lipinski definition) is 0. The van der Waals surface area contributed by atoms with Crippen LogP contribution in [0.25, 0.3) is 10.8 Å². The summed E-state index contributed by atoms with van der Waals surface area (Å²) in [5.74, 6) is 0. The van der Waals surface area contributed by atoms with Gasteiger partial charge in [0.25, 0.3) is 0 Å². The Balaban J connectivity index is 1.97. The van der Waals surface area contributed by atoms with Gasteiger partial charge in [-0.2, -0.15) is 0 Å². The van der Waals surface area contributed by atoms with E-state index in [4.69, 9.17) is 0 Å². The number of aryl methyl sites for hydroxylation is 2. The number of fused-ring (bicyclic) bond motifs is 1. The first-order chi connectivity index (χ1) is 9.83. The van der Waals surface area contributed by atoms with E-state index in [0.717, 1.165) is 0 Å². The molecule has 0 bridgehead atoms. The monoisotopic (exact) mass is 268 g/mol. The maximum atomic E-state index is 2.38. The predicted molar refractivity (Wildman–Crippen MR) is 90.4 cm³/mol. The van der Waals surface area contributed by atoms with Gasteiger partial charge in [-0.1, -0.05) is 82.3 Å². The highest BCUT2D eigenvalue weighted by molar-refractivity contribution is 5.83. The lowest BCUT2D eigenvalue weighted by atomic mass is 9.99. The van der Waals surface area contributed by atoms with Gasteiger partial charge in [0.15, 0.2) is 0 Å². The van der Waals surface area contributed by atoms with Gasteiger partial charge in [-0.05, 0) is 41.2 Å². The summed E-state index contributed by atoms with van der Waals surface area (Å²) >= 11 is 0. The van der Waals surface area contributed by atoms with E-state index in [2.05, 4.69) is 50.2 Å². The molecule has 0 N–H and O–H groups in total. The molecular weight excluding hydrogens is 240 g/mol. The fourth-order valence-electron chi connectivity index (χ4n) is 2.88. The summed E-state index contributed by atoms with van der Waals surface area (Å²) in [5, 5.41) is 2.79. The second kappa shape index (κ2) is 8.09. The molecule has 0 spiro atoms. The number of rotatable bonds is 8. The van der Waals surface area contributed by atoms with Crippen molar-refractivity contribution in [1.82, 2.24) is 0 Å². The Hall–Kier alpha value is -1.30. The molecule has 0 aromatic heterocycles. The average Bonchev–Trinajstić information content (AvgIpc) is 2.47. The van der Waals surface area contributed by atoms with Crippen LogP contribution in [0, 0.1) is 0 Å². The number of benzene rings is 2. The third-order valence-electron chi connectivity index (χ3n) is 4.08. The SMILES string of the molecule is CCCCCCCc1ccc2cc(CCC)ccc2c1. The Morgan fingerprint density at radius 1 is 0.600 bits per heavy atom. The van der Waals surface area contributed by atoms with Crippen LogP contribution in [0.2, 0.25) is 0 Å². The largest absolute Gasteiger partial charge is 0.0654 e. The lowest BCUT2D eigenvalue weighted by molar-refractivity contribution is 0.632. The molecule has 108 valence electrons. The van der Waals surface area contributed by atoms with E-state index < -0.39 is 0 Å². The van der Waals surface area contributed by atoms with Crippen LogP contribution in [0.4, 0.5) is 0 Å². The first-order valence-corrected chi connectivity index (χ1v) is 8.35. The van der Waals surface area contributed by atoms with E-state index in [-0.39, 0.29) is 0 Å². The fraction of sp³-hybridized carbons (Fsp3) is 0.500. The van der Waals surface area contributed by atoms with Crippen LogP contribution in [0.1, 0.15) is 63.5 Å². The van der Waals surface area contributed by atoms with Gasteiger partial charge in [-0.15, -0.1) is 0 Å². The van der Waals surface area contributed by atoms with Gasteiger partial charge in [0.1, 0.15) is 0 Å². The van der Waals surface area contributed by atoms with Crippen LogP contribution in [0.15, 0.2) is 36.4 Å². The van der Waals surface area contributed by atoms with Gasteiger partial charge in [-0.3, -0.25) is 0 Å². The number of hydrogen-bond donors (Lipinski definition) is 0. The van der Waals surface area contributed by atoms with E-state index in [1.165, 1.54) is 73.3 Å². The zero-order valence-corrected chi connectivity index (χ0v) is 13.1. The highest BCUT2D eigenvalue weighted by Gasteiger charge is 1.99. The first kappa shape index (κ1) is 15.1. The third-order valence-corrected chi connectivity index (χ3v) is 4.08. The smallest absolute Gasteiger partial charge is 0.0181 e. The van der Waals surface area contributed by atoms with Crippen molar-refractivity contribution in [3.63, 3.8) is 0 Å². The summed E-state index contributed by atoms with van der Waals surface area (Å²) in [4.78, 5) is 0. The van der Waals surface area contributed by atoms with E-state index in [0.29, 0.717) is 0 Å². The zero-order chi connectivity index (χ0) is 14.2. The Bertz CT molecular complexity index is 525. The molecule has 0 heterocycles. The standard InChI is InChI=1S/C20H28/c1-3-5-6-7-8-10-18-12-14-19-15-17(9-4-2)11-13-20(19)16-18/h11-16H,3-10H2,1-2H3. The van der Waals surface area contributed by atoms with E-state index in [9.17, 15) is 0 Å². The molecule has 0 fully saturated rings. The molecular formula is C20H28. The summed E-state index contributed by atoms with van der Waals surface area (Å²) < 4.78 is 0. The molecule has 0 aliphatic rings. The summed E-state index contributed by atoms with van der Waals surface area (Å²) in [7, 11) is 0. The third kappa shape index (κ3) is 4.37. The molecule has 0 saturated heterocycles. The Kier molecular flexibility index (Phi) is 6.11. The molecule has 2 rings (SSSR count). The predicted octanol–water partition coefficient (Wildman–Crippen LogP) is 6.31. The van der Waals surface area contributed by atoms with Crippen LogP contribution in [-0.2, 0) is 12.8 Å². The van der Waals surface area contributed by atoms with Crippen molar-refractivity contribution in [1.29, 1.82) is 0 Å². The van der Waals surface area contributed by atoms with Crippen molar-refractivity contribution >= 4 is 10.8 Å². The lowest BCUT2D eigenvalue weighted by Gasteiger charge is -2.06. The maximum absolute atomic E-state index is 2.38. The highest BCUT2D eigenvalue weighted by atomic mass is 14.0. The van der Waals surface area contributed by atoms with Crippen molar-refractivity contribution in [2.75, 3.05) is 0 Å². The molecule has 0 unspecified atom stereocenters. The molecule has 0 radical (unpaired) electrons. The van der Waals surface area contributed by atoms with Crippen LogP contribution in [0.3, 0.4) is 0 Å². The van der Waals surface area contributed by atoms with Crippen LogP contribution >= 0.6 is 0 Å². The summed E-state index contributed by atoms with van der Waals surface area (Å²) in [5.41, 5.74) is 2.96. The summed E-state index contributed by atoms with van der Waals surface area (Å²) in [6, 6.07) is 13.9. The molecule has 20 heavy (non-hydrogen) atoms. The maximum Gasteiger partial charge on any atom is -0.0181 e. The molecule has 0 aliphatic carbocycles. The molecule has 0 amide bonds. The lowest BCUT2D eigenvalue weighted by Crippen LogP contribution is -1.88. The van der Waals surface area contributed by atoms with Crippen molar-refractivity contribution in [2.45, 2.75) is 65.2 Å². The number of unbranched alkanes of at least 4 members (excludes halogenated alkanes) is 4. The average molecular weight is 268 g/mol. The van der Waals surface area contributed by atoms with Crippen molar-refractivity contribution in [2.24, 2.45) is 0 Å². The molecule has 0 heteroatoms. The molecule has 0 atom stereocenters. The molecule has 2 aromatic carbocycles. The van der Waals surface area contributed by atoms with Crippen molar-refractivity contribution in [3.05, 3.63) is 47.5 Å². The summed E-state index contributed by atoms with van der Waals surface area (Å²) in [6.07, 6.45) is 10.5. The van der Waals surface area contributed by atoms with E-state index >= 15 is 0 Å². The van der Waals surface area contributed by atoms with E-state index in [1.54, 1.807) is 0 Å². The minimum atomic E-state index is 1.19. The molecule has 0 saturated carbocycles. The second-order valence-corrected chi connectivity index (χ2v) is 5.93. The minimum Gasteiger partial charge on any atom is -0.0654 e. The van der Waals surface area contributed by atoms with Crippen LogP contribution < -0.4 is 0 Å². The quantitative estimate of drug-likeness (QED) is 0.492. The minimum absolute atomic E-state index is 1.19. The fourth-order valence-corrected chi connectivity index (χ4v) is 2.88. The first-order valence-electron chi connectivity index (χ1n) is 8.35. The normalized spacial score (nSPS) is 11.1. The highest BCUT2D eigenvalue weighted by Crippen LogP contribution is 2.20. The van der Waals surface area contributed by atoms with Gasteiger partial charge in [0, 0.05) is 0 Å². The van der Waals surface area contributed by atoms with Crippen LogP contribution in [-0.4, -0.2) is 0 Å². The van der Waals surface area contributed by atoms with Gasteiger partial charge in [0.2, 0.25) is 0 Å². The Morgan fingerprint density at radius 2 is 1.20 bits per heavy atom. The van der Waals surface area contributed by atoms with Gasteiger partial charge < -0.3 is 0 Å². The van der Waals surface area contributed by atoms with Crippen molar-refractivity contribution in [3.8, 4) is 0 Å². The van der Waals surface area contributed by atoms with Crippen molar-refractivity contribution < 1.29 is 0 Å². The van der Waals surface area contributed by atoms with Gasteiger partial charge in [-0.25, -0.2) is 0 Å².